The fraction of sp³-hybridized carbons (Fsp3) is 0.471. The van der Waals surface area contributed by atoms with Crippen LogP contribution in [0.1, 0.15) is 48.8 Å². The first-order valence-electron chi connectivity index (χ1n) is 7.23. The predicted molar refractivity (Wildman–Crippen MR) is 78.0 cm³/mol. The average Bonchev–Trinajstić information content (AvgIpc) is 2.78. The Morgan fingerprint density at radius 3 is 2.65 bits per heavy atom. The van der Waals surface area contributed by atoms with Crippen molar-refractivity contribution in [2.75, 3.05) is 0 Å². The standard InChI is InChI=1S/C17H20O3/c1-11-7-12(2)16-14(8-11)13(9-15(18)19)10-17(20-16)5-3-4-6-17/h7-9H,3-6,10H2,1-2H3,(H,18,19)/b13-9+. The van der Waals surface area contributed by atoms with Crippen LogP contribution in [0.3, 0.4) is 0 Å². The highest BCUT2D eigenvalue weighted by atomic mass is 16.5. The Balaban J connectivity index is 2.15. The Kier molecular flexibility index (Phi) is 3.08. The van der Waals surface area contributed by atoms with E-state index in [-0.39, 0.29) is 5.60 Å². The molecule has 1 saturated carbocycles. The van der Waals surface area contributed by atoms with Gasteiger partial charge in [0, 0.05) is 18.1 Å². The van der Waals surface area contributed by atoms with Crippen LogP contribution in [-0.4, -0.2) is 16.7 Å². The number of aliphatic carboxylic acids is 1. The second-order valence-corrected chi connectivity index (χ2v) is 6.14. The number of carboxylic acids is 1. The molecule has 1 spiro atoms. The van der Waals surface area contributed by atoms with Crippen LogP contribution < -0.4 is 4.74 Å². The van der Waals surface area contributed by atoms with Crippen LogP contribution in [0, 0.1) is 13.8 Å². The molecular formula is C17H20O3. The summed E-state index contributed by atoms with van der Waals surface area (Å²) >= 11 is 0. The lowest BCUT2D eigenvalue weighted by atomic mass is 9.84. The van der Waals surface area contributed by atoms with Gasteiger partial charge in [0.05, 0.1) is 0 Å². The molecule has 3 heteroatoms. The molecule has 1 aromatic rings. The summed E-state index contributed by atoms with van der Waals surface area (Å²) in [4.78, 5) is 11.1. The van der Waals surface area contributed by atoms with E-state index in [9.17, 15) is 4.79 Å². The van der Waals surface area contributed by atoms with E-state index < -0.39 is 5.97 Å². The van der Waals surface area contributed by atoms with Crippen molar-refractivity contribution >= 4 is 11.5 Å². The van der Waals surface area contributed by atoms with Gasteiger partial charge in [-0.2, -0.15) is 0 Å². The fourth-order valence-corrected chi connectivity index (χ4v) is 3.60. The van der Waals surface area contributed by atoms with E-state index in [1.807, 2.05) is 19.9 Å². The lowest BCUT2D eigenvalue weighted by Crippen LogP contribution is -2.36. The van der Waals surface area contributed by atoms with Crippen LogP contribution >= 0.6 is 0 Å². The first-order chi connectivity index (χ1) is 9.49. The lowest BCUT2D eigenvalue weighted by molar-refractivity contribution is -0.131. The Morgan fingerprint density at radius 1 is 1.30 bits per heavy atom. The molecule has 0 radical (unpaired) electrons. The number of ether oxygens (including phenoxy) is 1. The van der Waals surface area contributed by atoms with Gasteiger partial charge in [-0.15, -0.1) is 0 Å². The second-order valence-electron chi connectivity index (χ2n) is 6.14. The summed E-state index contributed by atoms with van der Waals surface area (Å²) in [5, 5.41) is 9.14. The zero-order chi connectivity index (χ0) is 14.3. The summed E-state index contributed by atoms with van der Waals surface area (Å²) in [6.07, 6.45) is 6.46. The van der Waals surface area contributed by atoms with Gasteiger partial charge in [0.2, 0.25) is 0 Å². The van der Waals surface area contributed by atoms with Crippen molar-refractivity contribution in [3.63, 3.8) is 0 Å². The summed E-state index contributed by atoms with van der Waals surface area (Å²) in [7, 11) is 0. The van der Waals surface area contributed by atoms with Crippen molar-refractivity contribution in [1.82, 2.24) is 0 Å². The van der Waals surface area contributed by atoms with Gasteiger partial charge in [0.15, 0.2) is 0 Å². The van der Waals surface area contributed by atoms with Gasteiger partial charge in [-0.3, -0.25) is 0 Å². The van der Waals surface area contributed by atoms with Crippen molar-refractivity contribution in [3.05, 3.63) is 34.9 Å². The molecule has 1 aromatic carbocycles. The number of benzene rings is 1. The van der Waals surface area contributed by atoms with E-state index in [2.05, 4.69) is 6.07 Å². The Bertz CT molecular complexity index is 592. The lowest BCUT2D eigenvalue weighted by Gasteiger charge is -2.38. The molecule has 0 saturated heterocycles. The molecule has 3 rings (SSSR count). The van der Waals surface area contributed by atoms with Crippen LogP contribution in [0.25, 0.3) is 5.57 Å². The first-order valence-corrected chi connectivity index (χ1v) is 7.23. The van der Waals surface area contributed by atoms with Gasteiger partial charge in [-0.25, -0.2) is 4.79 Å². The van der Waals surface area contributed by atoms with Crippen LogP contribution in [0.4, 0.5) is 0 Å². The number of carboxylic acid groups (broad SMARTS) is 1. The molecule has 1 fully saturated rings. The van der Waals surface area contributed by atoms with E-state index >= 15 is 0 Å². The SMILES string of the molecule is Cc1cc(C)c2c(c1)/C(=C/C(=O)O)CC1(CCCC1)O2. The van der Waals surface area contributed by atoms with Gasteiger partial charge in [0.1, 0.15) is 11.4 Å². The maximum absolute atomic E-state index is 11.1. The van der Waals surface area contributed by atoms with Crippen molar-refractivity contribution in [2.45, 2.75) is 51.6 Å². The number of fused-ring (bicyclic) bond motifs is 1. The highest BCUT2D eigenvalue weighted by molar-refractivity contribution is 5.92. The van der Waals surface area contributed by atoms with Crippen molar-refractivity contribution in [2.24, 2.45) is 0 Å². The van der Waals surface area contributed by atoms with Crippen molar-refractivity contribution in [3.8, 4) is 5.75 Å². The molecule has 1 heterocycles. The predicted octanol–water partition coefficient (Wildman–Crippen LogP) is 3.87. The summed E-state index contributed by atoms with van der Waals surface area (Å²) < 4.78 is 6.34. The zero-order valence-electron chi connectivity index (χ0n) is 12.0. The van der Waals surface area contributed by atoms with Gasteiger partial charge < -0.3 is 9.84 Å². The highest BCUT2D eigenvalue weighted by Crippen LogP contribution is 2.48. The summed E-state index contributed by atoms with van der Waals surface area (Å²) in [6, 6.07) is 4.14. The molecule has 1 N–H and O–H groups in total. The molecule has 106 valence electrons. The molecule has 20 heavy (non-hydrogen) atoms. The third kappa shape index (κ3) is 2.21. The third-order valence-electron chi connectivity index (χ3n) is 4.41. The van der Waals surface area contributed by atoms with Gasteiger partial charge in [0.25, 0.3) is 0 Å². The number of hydrogen-bond acceptors (Lipinski definition) is 2. The first kappa shape index (κ1) is 13.2. The maximum Gasteiger partial charge on any atom is 0.328 e. The highest BCUT2D eigenvalue weighted by Gasteiger charge is 2.41. The van der Waals surface area contributed by atoms with Crippen LogP contribution in [0.15, 0.2) is 18.2 Å². The molecule has 2 aliphatic rings. The number of carbonyl (C=O) groups is 1. The van der Waals surface area contributed by atoms with Crippen molar-refractivity contribution < 1.29 is 14.6 Å². The molecule has 0 aromatic heterocycles. The minimum Gasteiger partial charge on any atom is -0.486 e. The number of hydrogen-bond donors (Lipinski definition) is 1. The quantitative estimate of drug-likeness (QED) is 0.789. The molecular weight excluding hydrogens is 252 g/mol. The largest absolute Gasteiger partial charge is 0.486 e. The van der Waals surface area contributed by atoms with E-state index in [4.69, 9.17) is 9.84 Å². The third-order valence-corrected chi connectivity index (χ3v) is 4.41. The smallest absolute Gasteiger partial charge is 0.328 e. The minimum absolute atomic E-state index is 0.172. The molecule has 0 amide bonds. The van der Waals surface area contributed by atoms with Crippen LogP contribution in [-0.2, 0) is 4.79 Å². The van der Waals surface area contributed by atoms with Crippen molar-refractivity contribution in [1.29, 1.82) is 0 Å². The summed E-state index contributed by atoms with van der Waals surface area (Å²) in [5.41, 5.74) is 3.94. The zero-order valence-corrected chi connectivity index (χ0v) is 12.0. The molecule has 0 atom stereocenters. The van der Waals surface area contributed by atoms with Gasteiger partial charge in [-0.05, 0) is 62.3 Å². The summed E-state index contributed by atoms with van der Waals surface area (Å²) in [5.74, 6) is 0.0106. The fourth-order valence-electron chi connectivity index (χ4n) is 3.60. The minimum atomic E-state index is -0.875. The molecule has 1 aliphatic carbocycles. The van der Waals surface area contributed by atoms with Crippen LogP contribution in [0.2, 0.25) is 0 Å². The average molecular weight is 272 g/mol. The van der Waals surface area contributed by atoms with E-state index in [0.29, 0.717) is 0 Å². The second kappa shape index (κ2) is 4.65. The van der Waals surface area contributed by atoms with E-state index in [1.54, 1.807) is 0 Å². The Hall–Kier alpha value is -1.77. The van der Waals surface area contributed by atoms with E-state index in [0.717, 1.165) is 47.3 Å². The van der Waals surface area contributed by atoms with E-state index in [1.165, 1.54) is 18.9 Å². The van der Waals surface area contributed by atoms with Gasteiger partial charge in [-0.1, -0.05) is 6.07 Å². The maximum atomic E-state index is 11.1. The summed E-state index contributed by atoms with van der Waals surface area (Å²) in [6.45, 7) is 4.07. The monoisotopic (exact) mass is 272 g/mol. The van der Waals surface area contributed by atoms with Crippen LogP contribution in [0.5, 0.6) is 5.75 Å². The molecule has 0 bridgehead atoms. The number of aryl methyl sites for hydroxylation is 2. The molecule has 1 aliphatic heterocycles. The van der Waals surface area contributed by atoms with Gasteiger partial charge >= 0.3 is 5.97 Å². The topological polar surface area (TPSA) is 46.5 Å². The Labute approximate surface area is 119 Å². The molecule has 3 nitrogen and oxygen atoms in total. The Morgan fingerprint density at radius 2 is 2.00 bits per heavy atom. The number of rotatable bonds is 1. The molecule has 0 unspecified atom stereocenters. The normalized spacial score (nSPS) is 21.8.